The van der Waals surface area contributed by atoms with E-state index in [4.69, 9.17) is 0 Å². The zero-order valence-corrected chi connectivity index (χ0v) is 16.6. The van der Waals surface area contributed by atoms with Crippen molar-refractivity contribution in [1.82, 2.24) is 9.62 Å². The first-order valence-electron chi connectivity index (χ1n) is 8.21. The van der Waals surface area contributed by atoms with Crippen molar-refractivity contribution in [2.45, 2.75) is 18.4 Å². The van der Waals surface area contributed by atoms with Crippen LogP contribution in [-0.2, 0) is 16.6 Å². The van der Waals surface area contributed by atoms with E-state index in [0.29, 0.717) is 17.8 Å². The number of nitrogens with one attached hydrogen (secondary N) is 1. The molecule has 0 aromatic heterocycles. The monoisotopic (exact) mass is 375 g/mol. The minimum Gasteiger partial charge on any atom is -0.377 e. The van der Waals surface area contributed by atoms with Gasteiger partial charge >= 0.3 is 0 Å². The Bertz CT molecular complexity index is 906. The molecule has 6 nitrogen and oxygen atoms in total. The van der Waals surface area contributed by atoms with Crippen LogP contribution >= 0.6 is 0 Å². The lowest BCUT2D eigenvalue weighted by Gasteiger charge is -2.21. The van der Waals surface area contributed by atoms with Gasteiger partial charge in [-0.15, -0.1) is 0 Å². The largest absolute Gasteiger partial charge is 0.377 e. The number of benzene rings is 2. The lowest BCUT2D eigenvalue weighted by molar-refractivity contribution is 0.0950. The van der Waals surface area contributed by atoms with Crippen LogP contribution in [0.2, 0.25) is 0 Å². The number of aryl methyl sites for hydroxylation is 1. The van der Waals surface area contributed by atoms with Crippen molar-refractivity contribution in [2.24, 2.45) is 0 Å². The molecule has 0 unspecified atom stereocenters. The Balaban J connectivity index is 2.32. The number of sulfonamides is 1. The molecule has 0 saturated heterocycles. The molecule has 0 spiro atoms. The zero-order chi connectivity index (χ0) is 19.5. The number of hydrogen-bond acceptors (Lipinski definition) is 4. The summed E-state index contributed by atoms with van der Waals surface area (Å²) in [6, 6.07) is 12.5. The fourth-order valence-corrected chi connectivity index (χ4v) is 3.70. The highest BCUT2D eigenvalue weighted by Gasteiger charge is 2.24. The van der Waals surface area contributed by atoms with Crippen molar-refractivity contribution in [2.75, 3.05) is 33.1 Å². The summed E-state index contributed by atoms with van der Waals surface area (Å²) < 4.78 is 26.4. The topological polar surface area (TPSA) is 69.7 Å². The summed E-state index contributed by atoms with van der Waals surface area (Å²) in [7, 11) is 2.80. The van der Waals surface area contributed by atoms with Crippen LogP contribution in [0.4, 0.5) is 5.69 Å². The molecule has 0 aliphatic heterocycles. The summed E-state index contributed by atoms with van der Waals surface area (Å²) >= 11 is 0. The predicted molar refractivity (Wildman–Crippen MR) is 104 cm³/mol. The lowest BCUT2D eigenvalue weighted by Crippen LogP contribution is -2.27. The van der Waals surface area contributed by atoms with Crippen molar-refractivity contribution in [3.05, 3.63) is 59.2 Å². The van der Waals surface area contributed by atoms with Gasteiger partial charge in [-0.1, -0.05) is 24.3 Å². The van der Waals surface area contributed by atoms with Crippen LogP contribution in [0.5, 0.6) is 0 Å². The van der Waals surface area contributed by atoms with Crippen molar-refractivity contribution < 1.29 is 13.2 Å². The van der Waals surface area contributed by atoms with Gasteiger partial charge in [0.25, 0.3) is 5.91 Å². The Morgan fingerprint density at radius 2 is 1.69 bits per heavy atom. The Hall–Kier alpha value is -2.38. The number of amides is 1. The van der Waals surface area contributed by atoms with Crippen LogP contribution in [0.1, 0.15) is 21.5 Å². The Kier molecular flexibility index (Phi) is 6.05. The average Bonchev–Trinajstić information content (AvgIpc) is 2.60. The second kappa shape index (κ2) is 7.88. The lowest BCUT2D eigenvalue weighted by atomic mass is 10.1. The summed E-state index contributed by atoms with van der Waals surface area (Å²) in [5, 5.41) is 2.85. The molecule has 0 saturated carbocycles. The SMILES string of the molecule is Cc1ccccc1CNC(=O)c1ccc(N(C)C)c(S(=O)(=O)N(C)C)c1. The van der Waals surface area contributed by atoms with E-state index in [-0.39, 0.29) is 10.8 Å². The van der Waals surface area contributed by atoms with E-state index >= 15 is 0 Å². The number of anilines is 1. The van der Waals surface area contributed by atoms with Crippen molar-refractivity contribution in [3.8, 4) is 0 Å². The van der Waals surface area contributed by atoms with E-state index in [9.17, 15) is 13.2 Å². The molecular weight excluding hydrogens is 350 g/mol. The standard InChI is InChI=1S/C19H25N3O3S/c1-14-8-6-7-9-16(14)13-20-19(23)15-10-11-17(21(2)3)18(12-15)26(24,25)22(4)5/h6-12H,13H2,1-5H3,(H,20,23). The van der Waals surface area contributed by atoms with Gasteiger partial charge in [-0.05, 0) is 36.2 Å². The maximum Gasteiger partial charge on any atom is 0.251 e. The van der Waals surface area contributed by atoms with Gasteiger partial charge in [-0.2, -0.15) is 0 Å². The fourth-order valence-electron chi connectivity index (χ4n) is 2.51. The van der Waals surface area contributed by atoms with Crippen LogP contribution < -0.4 is 10.2 Å². The molecule has 26 heavy (non-hydrogen) atoms. The maximum absolute atomic E-state index is 12.6. The molecule has 2 aromatic rings. The third-order valence-corrected chi connectivity index (χ3v) is 6.01. The smallest absolute Gasteiger partial charge is 0.251 e. The first-order valence-corrected chi connectivity index (χ1v) is 9.65. The third-order valence-electron chi connectivity index (χ3n) is 4.16. The second-order valence-electron chi connectivity index (χ2n) is 6.47. The average molecular weight is 375 g/mol. The van der Waals surface area contributed by atoms with Gasteiger partial charge in [0.2, 0.25) is 10.0 Å². The van der Waals surface area contributed by atoms with E-state index in [1.54, 1.807) is 31.1 Å². The van der Waals surface area contributed by atoms with E-state index in [0.717, 1.165) is 15.4 Å². The summed E-state index contributed by atoms with van der Waals surface area (Å²) in [4.78, 5) is 14.3. The first-order chi connectivity index (χ1) is 12.1. The third kappa shape index (κ3) is 4.23. The van der Waals surface area contributed by atoms with Crippen LogP contribution in [0.25, 0.3) is 0 Å². The summed E-state index contributed by atoms with van der Waals surface area (Å²) in [5.74, 6) is -0.311. The predicted octanol–water partition coefficient (Wildman–Crippen LogP) is 2.24. The van der Waals surface area contributed by atoms with Gasteiger partial charge < -0.3 is 10.2 Å². The van der Waals surface area contributed by atoms with Gasteiger partial charge in [0.15, 0.2) is 0 Å². The van der Waals surface area contributed by atoms with E-state index in [2.05, 4.69) is 5.32 Å². The molecule has 0 heterocycles. The maximum atomic E-state index is 12.6. The number of nitrogens with zero attached hydrogens (tertiary/aromatic N) is 2. The molecule has 1 N–H and O–H groups in total. The summed E-state index contributed by atoms with van der Waals surface area (Å²) in [6.07, 6.45) is 0. The van der Waals surface area contributed by atoms with E-state index in [1.165, 1.54) is 20.2 Å². The fraction of sp³-hybridized carbons (Fsp3) is 0.316. The molecule has 0 aliphatic rings. The van der Waals surface area contributed by atoms with Crippen molar-refractivity contribution in [3.63, 3.8) is 0 Å². The van der Waals surface area contributed by atoms with Gasteiger partial charge in [0, 0.05) is 40.3 Å². The van der Waals surface area contributed by atoms with Gasteiger partial charge in [0.1, 0.15) is 4.90 Å². The molecule has 0 atom stereocenters. The normalized spacial score (nSPS) is 11.5. The van der Waals surface area contributed by atoms with Gasteiger partial charge in [-0.25, -0.2) is 12.7 Å². The highest BCUT2D eigenvalue weighted by molar-refractivity contribution is 7.89. The second-order valence-corrected chi connectivity index (χ2v) is 8.59. The summed E-state index contributed by atoms with van der Waals surface area (Å²) in [5.41, 5.74) is 2.96. The Labute approximate surface area is 155 Å². The minimum absolute atomic E-state index is 0.107. The molecule has 0 radical (unpaired) electrons. The molecular formula is C19H25N3O3S. The highest BCUT2D eigenvalue weighted by Crippen LogP contribution is 2.27. The van der Waals surface area contributed by atoms with Crippen LogP contribution in [0.15, 0.2) is 47.4 Å². The molecule has 0 fully saturated rings. The molecule has 7 heteroatoms. The molecule has 140 valence electrons. The van der Waals surface area contributed by atoms with Gasteiger partial charge in [0.05, 0.1) is 5.69 Å². The van der Waals surface area contributed by atoms with E-state index in [1.807, 2.05) is 31.2 Å². The minimum atomic E-state index is -3.67. The Morgan fingerprint density at radius 3 is 2.27 bits per heavy atom. The van der Waals surface area contributed by atoms with Crippen LogP contribution in [0, 0.1) is 6.92 Å². The van der Waals surface area contributed by atoms with Crippen LogP contribution in [0.3, 0.4) is 0 Å². The number of hydrogen-bond donors (Lipinski definition) is 1. The molecule has 0 aliphatic carbocycles. The molecule has 0 bridgehead atoms. The quantitative estimate of drug-likeness (QED) is 0.841. The molecule has 1 amide bonds. The van der Waals surface area contributed by atoms with Gasteiger partial charge in [-0.3, -0.25) is 4.79 Å². The Morgan fingerprint density at radius 1 is 1.04 bits per heavy atom. The van der Waals surface area contributed by atoms with Crippen molar-refractivity contribution in [1.29, 1.82) is 0 Å². The van der Waals surface area contributed by atoms with Crippen LogP contribution in [-0.4, -0.2) is 46.8 Å². The number of carbonyl (C=O) groups is 1. The number of rotatable bonds is 6. The van der Waals surface area contributed by atoms with Crippen molar-refractivity contribution >= 4 is 21.6 Å². The zero-order valence-electron chi connectivity index (χ0n) is 15.8. The van der Waals surface area contributed by atoms with E-state index < -0.39 is 10.0 Å². The highest BCUT2D eigenvalue weighted by atomic mass is 32.2. The molecule has 2 rings (SSSR count). The molecule has 2 aromatic carbocycles. The number of carbonyl (C=O) groups excluding carboxylic acids is 1. The first kappa shape index (κ1) is 19.9. The summed E-state index contributed by atoms with van der Waals surface area (Å²) in [6.45, 7) is 2.37.